The lowest BCUT2D eigenvalue weighted by molar-refractivity contribution is -0.161. The molecule has 87 heavy (non-hydrogen) atoms. The van der Waals surface area contributed by atoms with Crippen molar-refractivity contribution >= 4 is 39.5 Å². The Morgan fingerprint density at radius 1 is 0.310 bits per heavy atom. The van der Waals surface area contributed by atoms with Crippen molar-refractivity contribution in [2.45, 2.75) is 362 Å². The fourth-order valence-corrected chi connectivity index (χ4v) is 11.8. The number of hydrogen-bond acceptors (Lipinski definition) is 15. The van der Waals surface area contributed by atoms with Crippen LogP contribution in [0.5, 0.6) is 0 Å². The van der Waals surface area contributed by atoms with Crippen molar-refractivity contribution < 1.29 is 80.2 Å². The summed E-state index contributed by atoms with van der Waals surface area (Å²) in [6.45, 7) is 9.42. The Kier molecular flexibility index (Phi) is 59.0. The zero-order chi connectivity index (χ0) is 64.3. The third-order valence-corrected chi connectivity index (χ3v) is 17.6. The quantitative estimate of drug-likeness (QED) is 0.0222. The first-order valence-corrected chi connectivity index (χ1v) is 38.5. The van der Waals surface area contributed by atoms with Crippen LogP contribution in [-0.4, -0.2) is 96.7 Å². The molecular formula is C68H132O17P2. The molecule has 0 spiro atoms. The topological polar surface area (TPSA) is 237 Å². The van der Waals surface area contributed by atoms with Gasteiger partial charge in [0.2, 0.25) is 0 Å². The number of ether oxygens (including phenoxy) is 4. The van der Waals surface area contributed by atoms with E-state index >= 15 is 0 Å². The van der Waals surface area contributed by atoms with Gasteiger partial charge in [0, 0.05) is 25.7 Å². The largest absolute Gasteiger partial charge is 0.472 e. The van der Waals surface area contributed by atoms with Crippen LogP contribution in [0.2, 0.25) is 0 Å². The Morgan fingerprint density at radius 3 is 0.782 bits per heavy atom. The van der Waals surface area contributed by atoms with Gasteiger partial charge in [-0.2, -0.15) is 0 Å². The van der Waals surface area contributed by atoms with E-state index in [1.165, 1.54) is 161 Å². The summed E-state index contributed by atoms with van der Waals surface area (Å²) in [6, 6.07) is 0. The van der Waals surface area contributed by atoms with Gasteiger partial charge in [-0.3, -0.25) is 37.3 Å². The van der Waals surface area contributed by atoms with Crippen molar-refractivity contribution in [1.82, 2.24) is 0 Å². The molecule has 17 nitrogen and oxygen atoms in total. The highest BCUT2D eigenvalue weighted by molar-refractivity contribution is 7.47. The van der Waals surface area contributed by atoms with E-state index in [0.717, 1.165) is 95.8 Å². The molecule has 0 aliphatic carbocycles. The van der Waals surface area contributed by atoms with Crippen molar-refractivity contribution in [1.29, 1.82) is 0 Å². The van der Waals surface area contributed by atoms with Crippen LogP contribution in [0.15, 0.2) is 0 Å². The van der Waals surface area contributed by atoms with Gasteiger partial charge < -0.3 is 33.8 Å². The maximum absolute atomic E-state index is 13.0. The average molecular weight is 1280 g/mol. The molecule has 5 atom stereocenters. The number of carbonyl (C=O) groups is 4. The van der Waals surface area contributed by atoms with E-state index < -0.39 is 97.5 Å². The van der Waals surface area contributed by atoms with Crippen LogP contribution in [0.25, 0.3) is 0 Å². The number of phosphoric ester groups is 2. The molecule has 0 aromatic carbocycles. The van der Waals surface area contributed by atoms with Crippen molar-refractivity contribution in [3.05, 3.63) is 0 Å². The lowest BCUT2D eigenvalue weighted by atomic mass is 10.0. The molecular weight excluding hydrogens is 1150 g/mol. The first-order valence-electron chi connectivity index (χ1n) is 35.5. The van der Waals surface area contributed by atoms with Gasteiger partial charge in [-0.25, -0.2) is 9.13 Å². The number of carbonyl (C=O) groups excluding carboxylic acids is 4. The second-order valence-electron chi connectivity index (χ2n) is 25.5. The summed E-state index contributed by atoms with van der Waals surface area (Å²) in [6.07, 6.45) is 44.6. The number of esters is 4. The summed E-state index contributed by atoms with van der Waals surface area (Å²) in [5.41, 5.74) is 0. The van der Waals surface area contributed by atoms with E-state index in [4.69, 9.17) is 37.0 Å². The molecule has 0 aromatic heterocycles. The Bertz CT molecular complexity index is 1700. The van der Waals surface area contributed by atoms with Gasteiger partial charge in [0.1, 0.15) is 19.3 Å². The summed E-state index contributed by atoms with van der Waals surface area (Å²) in [5.74, 6) is -0.709. The van der Waals surface area contributed by atoms with Gasteiger partial charge in [-0.1, -0.05) is 292 Å². The van der Waals surface area contributed by atoms with Crippen LogP contribution in [0.3, 0.4) is 0 Å². The van der Waals surface area contributed by atoms with Crippen LogP contribution in [0.4, 0.5) is 0 Å². The lowest BCUT2D eigenvalue weighted by Gasteiger charge is -2.21. The molecule has 0 aromatic rings. The van der Waals surface area contributed by atoms with Crippen molar-refractivity contribution in [3.8, 4) is 0 Å². The number of hydrogen-bond donors (Lipinski definition) is 3. The van der Waals surface area contributed by atoms with Crippen molar-refractivity contribution in [2.24, 2.45) is 11.8 Å². The predicted octanol–water partition coefficient (Wildman–Crippen LogP) is 19.2. The van der Waals surface area contributed by atoms with Gasteiger partial charge in [0.05, 0.1) is 26.4 Å². The minimum atomic E-state index is -4.95. The number of rotatable bonds is 67. The smallest absolute Gasteiger partial charge is 0.462 e. The van der Waals surface area contributed by atoms with Crippen LogP contribution in [0.1, 0.15) is 343 Å². The summed E-state index contributed by atoms with van der Waals surface area (Å²) >= 11 is 0. The van der Waals surface area contributed by atoms with Gasteiger partial charge >= 0.3 is 39.5 Å². The molecule has 0 aliphatic heterocycles. The maximum atomic E-state index is 13.0. The zero-order valence-electron chi connectivity index (χ0n) is 56.3. The van der Waals surface area contributed by atoms with E-state index in [9.17, 15) is 43.2 Å². The van der Waals surface area contributed by atoms with Crippen LogP contribution < -0.4 is 0 Å². The monoisotopic (exact) mass is 1280 g/mol. The predicted molar refractivity (Wildman–Crippen MR) is 349 cm³/mol. The van der Waals surface area contributed by atoms with Gasteiger partial charge in [0.15, 0.2) is 12.2 Å². The Morgan fingerprint density at radius 2 is 0.529 bits per heavy atom. The Balaban J connectivity index is 5.21. The normalized spacial score (nSPS) is 14.2. The van der Waals surface area contributed by atoms with Crippen LogP contribution in [-0.2, 0) is 65.4 Å². The third kappa shape index (κ3) is 62.6. The van der Waals surface area contributed by atoms with E-state index in [-0.39, 0.29) is 25.7 Å². The molecule has 19 heteroatoms. The first-order chi connectivity index (χ1) is 41.9. The van der Waals surface area contributed by atoms with E-state index in [1.54, 1.807) is 0 Å². The zero-order valence-corrected chi connectivity index (χ0v) is 58.1. The molecule has 0 fully saturated rings. The Hall–Kier alpha value is -1.94. The summed E-state index contributed by atoms with van der Waals surface area (Å²) in [5, 5.41) is 10.6. The van der Waals surface area contributed by atoms with Crippen molar-refractivity contribution in [2.75, 3.05) is 39.6 Å². The first kappa shape index (κ1) is 85.1. The minimum Gasteiger partial charge on any atom is -0.462 e. The number of aliphatic hydroxyl groups is 1. The second kappa shape index (κ2) is 60.3. The third-order valence-electron chi connectivity index (χ3n) is 15.7. The van der Waals surface area contributed by atoms with Gasteiger partial charge in [0.25, 0.3) is 0 Å². The molecule has 3 N–H and O–H groups in total. The molecule has 0 saturated heterocycles. The van der Waals surface area contributed by atoms with Crippen LogP contribution in [0, 0.1) is 11.8 Å². The Labute approximate surface area is 530 Å². The van der Waals surface area contributed by atoms with Gasteiger partial charge in [-0.15, -0.1) is 0 Å². The number of phosphoric acid groups is 2. The summed E-state index contributed by atoms with van der Waals surface area (Å²) in [4.78, 5) is 72.3. The lowest BCUT2D eigenvalue weighted by Crippen LogP contribution is -2.30. The molecule has 0 aliphatic rings. The molecule has 0 heterocycles. The molecule has 0 radical (unpaired) electrons. The highest BCUT2D eigenvalue weighted by Crippen LogP contribution is 2.45. The van der Waals surface area contributed by atoms with Gasteiger partial charge in [-0.05, 0) is 37.5 Å². The van der Waals surface area contributed by atoms with E-state index in [2.05, 4.69) is 41.5 Å². The second-order valence-corrected chi connectivity index (χ2v) is 28.4. The van der Waals surface area contributed by atoms with E-state index in [1.807, 2.05) is 0 Å². The summed E-state index contributed by atoms with van der Waals surface area (Å²) in [7, 11) is -9.89. The minimum absolute atomic E-state index is 0.103. The van der Waals surface area contributed by atoms with E-state index in [0.29, 0.717) is 31.6 Å². The van der Waals surface area contributed by atoms with Crippen molar-refractivity contribution in [3.63, 3.8) is 0 Å². The maximum Gasteiger partial charge on any atom is 0.472 e. The molecule has 0 rings (SSSR count). The fraction of sp³-hybridized carbons (Fsp3) is 0.941. The summed E-state index contributed by atoms with van der Waals surface area (Å²) < 4.78 is 68.1. The molecule has 0 saturated carbocycles. The molecule has 0 amide bonds. The number of aliphatic hydroxyl groups excluding tert-OH is 1. The SMILES string of the molecule is CCCCCCCCCCCCCCCCCCCC(=O)O[C@H](COC(=O)CCCCCCCCCCC(C)C)COP(=O)(O)OC[C@@H](O)COP(=O)(O)OC[C@@H](COC(=O)CCCCCCCCCCC)OC(=O)CCCCCCCCCC(C)C. The standard InChI is InChI=1S/C68H132O17P2/c1-7-9-11-13-15-17-18-19-20-21-22-23-24-26-34-40-46-52-67(72)84-63(56-79-66(71)51-45-39-33-28-27-30-36-42-48-60(3)4)58-82-86(74,75)80-54-62(69)55-81-87(76,77)83-59-64(57-78-65(70)50-44-38-32-25-16-14-12-10-8-2)85-68(73)53-47-41-35-29-31-37-43-49-61(5)6/h60-64,69H,7-59H2,1-6H3,(H,74,75)(H,76,77)/t62-,63-,64-/m1/s1. The van der Waals surface area contributed by atoms with Crippen LogP contribution >= 0.6 is 15.6 Å². The fourth-order valence-electron chi connectivity index (χ4n) is 10.2. The number of unbranched alkanes of at least 4 members (excludes halogenated alkanes) is 37. The highest BCUT2D eigenvalue weighted by Gasteiger charge is 2.30. The molecule has 2 unspecified atom stereocenters. The molecule has 516 valence electrons. The highest BCUT2D eigenvalue weighted by atomic mass is 31.2. The average Bonchev–Trinajstić information content (AvgIpc) is 3.68. The molecule has 0 bridgehead atoms.